The zero-order valence-electron chi connectivity index (χ0n) is 16.7. The van der Waals surface area contributed by atoms with Crippen molar-refractivity contribution in [3.05, 3.63) is 80.1 Å². The number of ketones is 1. The van der Waals surface area contributed by atoms with E-state index >= 15 is 0 Å². The standard InChI is InChI=1S/C24H17BrClNO2S2/c1-12-3-6-15-20(9-12)31-23(21(15)26)24(29)27(2)14-5-8-19-17(11-14)22(28)16-10-13(25)4-7-18(16)30-19/h3-11,16,18H,1-2H3. The van der Waals surface area contributed by atoms with E-state index in [4.69, 9.17) is 11.6 Å². The normalized spacial score (nSPS) is 19.7. The largest absolute Gasteiger partial charge is 0.311 e. The number of anilines is 1. The van der Waals surface area contributed by atoms with Gasteiger partial charge in [-0.3, -0.25) is 9.59 Å². The lowest BCUT2D eigenvalue weighted by Gasteiger charge is -2.30. The number of nitrogens with zero attached hydrogens (tertiary/aromatic N) is 1. The highest BCUT2D eigenvalue weighted by Gasteiger charge is 2.35. The summed E-state index contributed by atoms with van der Waals surface area (Å²) in [6.45, 7) is 2.02. The minimum Gasteiger partial charge on any atom is -0.311 e. The number of allylic oxidation sites excluding steroid dienone is 3. The summed E-state index contributed by atoms with van der Waals surface area (Å²) in [7, 11) is 1.72. The molecule has 2 aromatic carbocycles. The Bertz CT molecular complexity index is 1330. The number of carbonyl (C=O) groups is 2. The van der Waals surface area contributed by atoms with Crippen LogP contribution in [-0.2, 0) is 0 Å². The van der Waals surface area contributed by atoms with Gasteiger partial charge in [0.15, 0.2) is 5.78 Å². The van der Waals surface area contributed by atoms with E-state index in [0.717, 1.165) is 25.0 Å². The van der Waals surface area contributed by atoms with E-state index in [1.165, 1.54) is 11.3 Å². The Kier molecular flexibility index (Phi) is 5.37. The van der Waals surface area contributed by atoms with Crippen LogP contribution < -0.4 is 4.90 Å². The van der Waals surface area contributed by atoms with E-state index in [9.17, 15) is 9.59 Å². The van der Waals surface area contributed by atoms with Crippen molar-refractivity contribution in [3.8, 4) is 0 Å². The van der Waals surface area contributed by atoms with E-state index in [1.54, 1.807) is 23.7 Å². The van der Waals surface area contributed by atoms with E-state index in [-0.39, 0.29) is 22.9 Å². The molecule has 3 nitrogen and oxygen atoms in total. The Morgan fingerprint density at radius 1 is 1.19 bits per heavy atom. The first kappa shape index (κ1) is 21.0. The molecule has 1 aliphatic heterocycles. The molecule has 156 valence electrons. The summed E-state index contributed by atoms with van der Waals surface area (Å²) < 4.78 is 1.91. The first-order valence-electron chi connectivity index (χ1n) is 9.70. The number of hydrogen-bond donors (Lipinski definition) is 0. The first-order chi connectivity index (χ1) is 14.8. The second-order valence-corrected chi connectivity index (χ2v) is 11.2. The van der Waals surface area contributed by atoms with E-state index in [2.05, 4.69) is 22.0 Å². The number of amides is 1. The highest BCUT2D eigenvalue weighted by Crippen LogP contribution is 2.44. The van der Waals surface area contributed by atoms with Crippen LogP contribution in [0.2, 0.25) is 5.02 Å². The molecule has 1 aliphatic carbocycles. The summed E-state index contributed by atoms with van der Waals surface area (Å²) in [6, 6.07) is 11.6. The molecule has 0 fully saturated rings. The van der Waals surface area contributed by atoms with Gasteiger partial charge in [0.1, 0.15) is 4.88 Å². The SMILES string of the molecule is Cc1ccc2c(Cl)c(C(=O)N(C)c3ccc4c(c3)C(=O)C3C=C(Br)C=CC3S4)sc2c1. The van der Waals surface area contributed by atoms with Crippen molar-refractivity contribution < 1.29 is 9.59 Å². The Balaban J connectivity index is 1.49. The molecule has 1 amide bonds. The summed E-state index contributed by atoms with van der Waals surface area (Å²) in [5.74, 6) is -0.299. The molecular formula is C24H17BrClNO2S2. The number of halogens is 2. The van der Waals surface area contributed by atoms with E-state index < -0.39 is 0 Å². The van der Waals surface area contributed by atoms with Crippen molar-refractivity contribution in [1.82, 2.24) is 0 Å². The van der Waals surface area contributed by atoms with Crippen LogP contribution in [0.1, 0.15) is 25.6 Å². The molecular weight excluding hydrogens is 514 g/mol. The zero-order valence-corrected chi connectivity index (χ0v) is 20.7. The lowest BCUT2D eigenvalue weighted by molar-refractivity contribution is 0.0940. The maximum Gasteiger partial charge on any atom is 0.269 e. The molecule has 5 rings (SSSR count). The Hall–Kier alpha value is -1.86. The molecule has 0 radical (unpaired) electrons. The van der Waals surface area contributed by atoms with E-state index in [1.807, 2.05) is 55.5 Å². The number of rotatable bonds is 2. The third-order valence-electron chi connectivity index (χ3n) is 5.60. The molecule has 2 aliphatic rings. The summed E-state index contributed by atoms with van der Waals surface area (Å²) >= 11 is 13.1. The fourth-order valence-electron chi connectivity index (χ4n) is 3.89. The van der Waals surface area contributed by atoms with Crippen molar-refractivity contribution in [2.45, 2.75) is 17.1 Å². The number of hydrogen-bond acceptors (Lipinski definition) is 4. The number of benzene rings is 2. The van der Waals surface area contributed by atoms with Crippen molar-refractivity contribution in [2.75, 3.05) is 11.9 Å². The maximum absolute atomic E-state index is 13.3. The minimum atomic E-state index is -0.201. The number of carbonyl (C=O) groups excluding carboxylic acids is 2. The first-order valence-corrected chi connectivity index (χ1v) is 12.6. The predicted octanol–water partition coefficient (Wildman–Crippen LogP) is 7.26. The Morgan fingerprint density at radius 2 is 2.00 bits per heavy atom. The van der Waals surface area contributed by atoms with Gasteiger partial charge in [0.2, 0.25) is 0 Å². The van der Waals surface area contributed by atoms with Crippen LogP contribution in [0.4, 0.5) is 5.69 Å². The highest BCUT2D eigenvalue weighted by molar-refractivity contribution is 9.11. The number of aryl methyl sites for hydroxylation is 1. The fourth-order valence-corrected chi connectivity index (χ4v) is 7.15. The molecule has 0 bridgehead atoms. The number of thiophene rings is 1. The molecule has 0 spiro atoms. The molecule has 1 aromatic heterocycles. The van der Waals surface area contributed by atoms with Gasteiger partial charge in [-0.2, -0.15) is 0 Å². The Labute approximate surface area is 201 Å². The van der Waals surface area contributed by atoms with Crippen molar-refractivity contribution >= 4 is 78.1 Å². The molecule has 2 atom stereocenters. The molecule has 0 N–H and O–H groups in total. The smallest absolute Gasteiger partial charge is 0.269 e. The van der Waals surface area contributed by atoms with Gasteiger partial charge < -0.3 is 4.90 Å². The second-order valence-electron chi connectivity index (χ2n) is 7.67. The predicted molar refractivity (Wildman–Crippen MR) is 134 cm³/mol. The van der Waals surface area contributed by atoms with Crippen LogP contribution in [0.15, 0.2) is 64.0 Å². The maximum atomic E-state index is 13.3. The van der Waals surface area contributed by atoms with Gasteiger partial charge in [0, 0.05) is 43.0 Å². The van der Waals surface area contributed by atoms with Crippen LogP contribution in [-0.4, -0.2) is 24.0 Å². The van der Waals surface area contributed by atoms with Crippen LogP contribution >= 0.6 is 50.6 Å². The number of Topliss-reactive ketones (excluding diaryl/α,β-unsaturated/α-hetero) is 1. The van der Waals surface area contributed by atoms with Gasteiger partial charge >= 0.3 is 0 Å². The van der Waals surface area contributed by atoms with Crippen molar-refractivity contribution in [1.29, 1.82) is 0 Å². The fraction of sp³-hybridized carbons (Fsp3) is 0.167. The molecule has 2 heterocycles. The molecule has 31 heavy (non-hydrogen) atoms. The van der Waals surface area contributed by atoms with Crippen LogP contribution in [0.5, 0.6) is 0 Å². The zero-order chi connectivity index (χ0) is 21.9. The quantitative estimate of drug-likeness (QED) is 0.350. The molecule has 0 saturated heterocycles. The van der Waals surface area contributed by atoms with Gasteiger partial charge in [0.05, 0.1) is 10.9 Å². The van der Waals surface area contributed by atoms with Gasteiger partial charge in [-0.15, -0.1) is 23.1 Å². The molecule has 0 saturated carbocycles. The average Bonchev–Trinajstić information content (AvgIpc) is 3.08. The minimum absolute atomic E-state index is 0.0816. The summed E-state index contributed by atoms with van der Waals surface area (Å²) in [5.41, 5.74) is 2.46. The number of fused-ring (bicyclic) bond motifs is 3. The number of thioether (sulfide) groups is 1. The van der Waals surface area contributed by atoms with Gasteiger partial charge in [-0.1, -0.05) is 57.9 Å². The highest BCUT2D eigenvalue weighted by atomic mass is 79.9. The van der Waals surface area contributed by atoms with Gasteiger partial charge in [-0.25, -0.2) is 0 Å². The van der Waals surface area contributed by atoms with Crippen LogP contribution in [0.3, 0.4) is 0 Å². The van der Waals surface area contributed by atoms with E-state index in [0.29, 0.717) is 21.2 Å². The Morgan fingerprint density at radius 3 is 2.81 bits per heavy atom. The lowest BCUT2D eigenvalue weighted by atomic mass is 9.90. The van der Waals surface area contributed by atoms with Crippen molar-refractivity contribution in [3.63, 3.8) is 0 Å². The van der Waals surface area contributed by atoms with Crippen molar-refractivity contribution in [2.24, 2.45) is 5.92 Å². The second kappa shape index (κ2) is 7.93. The topological polar surface area (TPSA) is 37.4 Å². The molecule has 7 heteroatoms. The third-order valence-corrected chi connectivity index (χ3v) is 9.11. The summed E-state index contributed by atoms with van der Waals surface area (Å²) in [4.78, 5) is 29.5. The lowest BCUT2D eigenvalue weighted by Crippen LogP contribution is -2.30. The van der Waals surface area contributed by atoms with Crippen LogP contribution in [0, 0.1) is 12.8 Å². The average molecular weight is 531 g/mol. The summed E-state index contributed by atoms with van der Waals surface area (Å²) in [5, 5.41) is 1.47. The van der Waals surface area contributed by atoms with Gasteiger partial charge in [-0.05, 0) is 36.8 Å². The van der Waals surface area contributed by atoms with Gasteiger partial charge in [0.25, 0.3) is 5.91 Å². The molecule has 2 unspecified atom stereocenters. The monoisotopic (exact) mass is 529 g/mol. The molecule has 3 aromatic rings. The summed E-state index contributed by atoms with van der Waals surface area (Å²) in [6.07, 6.45) is 6.02. The van der Waals surface area contributed by atoms with Crippen LogP contribution in [0.25, 0.3) is 10.1 Å². The third kappa shape index (κ3) is 3.59.